The van der Waals surface area contributed by atoms with Gasteiger partial charge < -0.3 is 15.8 Å². The summed E-state index contributed by atoms with van der Waals surface area (Å²) < 4.78 is 5.32. The fourth-order valence-corrected chi connectivity index (χ4v) is 2.35. The lowest BCUT2D eigenvalue weighted by atomic mass is 9.92. The molecule has 1 aromatic rings. The van der Waals surface area contributed by atoms with Crippen LogP contribution < -0.4 is 11.1 Å². The maximum atomic E-state index is 12.1. The zero-order chi connectivity index (χ0) is 13.7. The third-order valence-corrected chi connectivity index (χ3v) is 3.67. The Labute approximate surface area is 114 Å². The van der Waals surface area contributed by atoms with Gasteiger partial charge in [-0.3, -0.25) is 4.79 Å². The summed E-state index contributed by atoms with van der Waals surface area (Å²) in [5, 5.41) is 3.10. The molecular formula is C15H22N2O2. The van der Waals surface area contributed by atoms with Crippen molar-refractivity contribution in [2.75, 3.05) is 13.2 Å². The average Bonchev–Trinajstić information content (AvgIpc) is 2.39. The summed E-state index contributed by atoms with van der Waals surface area (Å²) in [7, 11) is 0. The number of ether oxygens (including phenoxy) is 1. The topological polar surface area (TPSA) is 64.4 Å². The number of nitrogens with two attached hydrogens (primary N) is 1. The van der Waals surface area contributed by atoms with Crippen molar-refractivity contribution in [3.05, 3.63) is 35.9 Å². The highest BCUT2D eigenvalue weighted by Crippen LogP contribution is 2.21. The van der Waals surface area contributed by atoms with E-state index in [2.05, 4.69) is 12.2 Å². The molecule has 0 aliphatic carbocycles. The van der Waals surface area contributed by atoms with Crippen LogP contribution in [0.4, 0.5) is 0 Å². The van der Waals surface area contributed by atoms with Gasteiger partial charge in [-0.15, -0.1) is 0 Å². The first-order valence-electron chi connectivity index (χ1n) is 6.78. The molecule has 1 amide bonds. The Balaban J connectivity index is 1.87. The van der Waals surface area contributed by atoms with E-state index in [1.807, 2.05) is 30.3 Å². The Morgan fingerprint density at radius 3 is 2.63 bits per heavy atom. The van der Waals surface area contributed by atoms with Crippen LogP contribution in [0.15, 0.2) is 30.3 Å². The molecule has 104 valence electrons. The van der Waals surface area contributed by atoms with Gasteiger partial charge in [0.2, 0.25) is 5.91 Å². The minimum absolute atomic E-state index is 0.0146. The van der Waals surface area contributed by atoms with Crippen molar-refractivity contribution in [3.8, 4) is 0 Å². The minimum Gasteiger partial charge on any atom is -0.381 e. The smallest absolute Gasteiger partial charge is 0.222 e. The Bertz CT molecular complexity index is 413. The molecule has 19 heavy (non-hydrogen) atoms. The molecule has 0 bridgehead atoms. The normalized spacial score (nSPS) is 19.7. The molecule has 3 N–H and O–H groups in total. The van der Waals surface area contributed by atoms with Crippen LogP contribution in [0.5, 0.6) is 0 Å². The molecule has 1 heterocycles. The molecule has 1 aliphatic rings. The molecule has 1 saturated heterocycles. The van der Waals surface area contributed by atoms with Gasteiger partial charge in [0.15, 0.2) is 0 Å². The maximum absolute atomic E-state index is 12.1. The fourth-order valence-electron chi connectivity index (χ4n) is 2.35. The molecule has 4 nitrogen and oxygen atoms in total. The summed E-state index contributed by atoms with van der Waals surface area (Å²) in [4.78, 5) is 12.1. The van der Waals surface area contributed by atoms with E-state index in [-0.39, 0.29) is 17.5 Å². The second-order valence-corrected chi connectivity index (χ2v) is 5.44. The molecule has 0 saturated carbocycles. The third-order valence-electron chi connectivity index (χ3n) is 3.67. The molecule has 1 fully saturated rings. The van der Waals surface area contributed by atoms with Gasteiger partial charge in [-0.2, -0.15) is 0 Å². The van der Waals surface area contributed by atoms with E-state index in [1.165, 1.54) is 0 Å². The molecule has 4 heteroatoms. The molecule has 1 aliphatic heterocycles. The first-order valence-corrected chi connectivity index (χ1v) is 6.78. The van der Waals surface area contributed by atoms with Gasteiger partial charge >= 0.3 is 0 Å². The van der Waals surface area contributed by atoms with Gasteiger partial charge in [0, 0.05) is 31.2 Å². The second-order valence-electron chi connectivity index (χ2n) is 5.44. The highest BCUT2D eigenvalue weighted by molar-refractivity contribution is 5.77. The monoisotopic (exact) mass is 262 g/mol. The van der Waals surface area contributed by atoms with E-state index in [9.17, 15) is 4.79 Å². The Morgan fingerprint density at radius 1 is 1.37 bits per heavy atom. The molecule has 0 radical (unpaired) electrons. The Hall–Kier alpha value is -1.39. The van der Waals surface area contributed by atoms with E-state index < -0.39 is 0 Å². The van der Waals surface area contributed by atoms with Gasteiger partial charge in [-0.1, -0.05) is 30.3 Å². The second kappa shape index (κ2) is 6.17. The van der Waals surface area contributed by atoms with Gasteiger partial charge in [-0.05, 0) is 25.3 Å². The first-order chi connectivity index (χ1) is 9.09. The SMILES string of the molecule is CC1(NC(=O)CC(N)c2ccccc2)CCOCC1. The molecule has 1 aromatic carbocycles. The minimum atomic E-state index is -0.246. The standard InChI is InChI=1S/C15H22N2O2/c1-15(7-9-19-10-8-15)17-14(18)11-13(16)12-5-3-2-4-6-12/h2-6,13H,7-11,16H2,1H3,(H,17,18). The molecule has 0 spiro atoms. The Morgan fingerprint density at radius 2 is 2.00 bits per heavy atom. The molecule has 0 aromatic heterocycles. The maximum Gasteiger partial charge on any atom is 0.222 e. The summed E-state index contributed by atoms with van der Waals surface area (Å²) >= 11 is 0. The third kappa shape index (κ3) is 4.04. The summed E-state index contributed by atoms with van der Waals surface area (Å²) in [5.41, 5.74) is 6.91. The first kappa shape index (κ1) is 14.0. The van der Waals surface area contributed by atoms with Crippen LogP contribution in [0.1, 0.15) is 37.8 Å². The zero-order valence-electron chi connectivity index (χ0n) is 11.4. The van der Waals surface area contributed by atoms with E-state index in [1.54, 1.807) is 0 Å². The quantitative estimate of drug-likeness (QED) is 0.869. The van der Waals surface area contributed by atoms with Crippen LogP contribution in [-0.2, 0) is 9.53 Å². The number of rotatable bonds is 4. The van der Waals surface area contributed by atoms with Crippen molar-refractivity contribution < 1.29 is 9.53 Å². The van der Waals surface area contributed by atoms with Gasteiger partial charge in [0.1, 0.15) is 0 Å². The van der Waals surface area contributed by atoms with Crippen LogP contribution in [0.2, 0.25) is 0 Å². The van der Waals surface area contributed by atoms with Crippen molar-refractivity contribution in [1.29, 1.82) is 0 Å². The van der Waals surface area contributed by atoms with Crippen LogP contribution in [0.3, 0.4) is 0 Å². The van der Waals surface area contributed by atoms with Gasteiger partial charge in [0.25, 0.3) is 0 Å². The predicted octanol–water partition coefficient (Wildman–Crippen LogP) is 1.76. The number of carbonyl (C=O) groups is 1. The van der Waals surface area contributed by atoms with Crippen molar-refractivity contribution in [2.45, 2.75) is 37.8 Å². The lowest BCUT2D eigenvalue weighted by molar-refractivity contribution is -0.124. The number of amides is 1. The summed E-state index contributed by atoms with van der Waals surface area (Å²) in [5.74, 6) is 0.0146. The number of hydrogen-bond acceptors (Lipinski definition) is 3. The number of benzene rings is 1. The van der Waals surface area contributed by atoms with E-state index in [4.69, 9.17) is 10.5 Å². The zero-order valence-corrected chi connectivity index (χ0v) is 11.4. The lowest BCUT2D eigenvalue weighted by Crippen LogP contribution is -2.50. The highest BCUT2D eigenvalue weighted by atomic mass is 16.5. The van der Waals surface area contributed by atoms with Crippen molar-refractivity contribution in [3.63, 3.8) is 0 Å². The fraction of sp³-hybridized carbons (Fsp3) is 0.533. The van der Waals surface area contributed by atoms with E-state index in [0.29, 0.717) is 19.6 Å². The van der Waals surface area contributed by atoms with Crippen molar-refractivity contribution in [1.82, 2.24) is 5.32 Å². The predicted molar refractivity (Wildman–Crippen MR) is 74.6 cm³/mol. The Kier molecular flexibility index (Phi) is 4.56. The van der Waals surface area contributed by atoms with Crippen LogP contribution >= 0.6 is 0 Å². The number of nitrogens with one attached hydrogen (secondary N) is 1. The van der Waals surface area contributed by atoms with Crippen LogP contribution in [0.25, 0.3) is 0 Å². The molecule has 1 unspecified atom stereocenters. The molecular weight excluding hydrogens is 240 g/mol. The van der Waals surface area contributed by atoms with E-state index >= 15 is 0 Å². The molecule has 2 rings (SSSR count). The summed E-state index contributed by atoms with van der Waals surface area (Å²) in [6.45, 7) is 3.49. The average molecular weight is 262 g/mol. The lowest BCUT2D eigenvalue weighted by Gasteiger charge is -2.34. The van der Waals surface area contributed by atoms with Crippen molar-refractivity contribution >= 4 is 5.91 Å². The summed E-state index contributed by atoms with van der Waals surface area (Å²) in [6.07, 6.45) is 2.04. The molecule has 1 atom stereocenters. The number of hydrogen-bond donors (Lipinski definition) is 2. The van der Waals surface area contributed by atoms with Gasteiger partial charge in [0.05, 0.1) is 0 Å². The largest absolute Gasteiger partial charge is 0.381 e. The highest BCUT2D eigenvalue weighted by Gasteiger charge is 2.29. The van der Waals surface area contributed by atoms with Crippen LogP contribution in [0, 0.1) is 0 Å². The number of carbonyl (C=O) groups excluding carboxylic acids is 1. The van der Waals surface area contributed by atoms with E-state index in [0.717, 1.165) is 18.4 Å². The van der Waals surface area contributed by atoms with Gasteiger partial charge in [-0.25, -0.2) is 0 Å². The van der Waals surface area contributed by atoms with Crippen LogP contribution in [-0.4, -0.2) is 24.7 Å². The summed E-state index contributed by atoms with van der Waals surface area (Å²) in [6, 6.07) is 9.48. The van der Waals surface area contributed by atoms with Crippen molar-refractivity contribution in [2.24, 2.45) is 5.73 Å².